The summed E-state index contributed by atoms with van der Waals surface area (Å²) < 4.78 is 303. The van der Waals surface area contributed by atoms with Crippen molar-refractivity contribution in [3.8, 4) is 50.6 Å². The van der Waals surface area contributed by atoms with Crippen LogP contribution < -0.4 is 14.2 Å². The van der Waals surface area contributed by atoms with Gasteiger partial charge < -0.3 is 14.2 Å². The monoisotopic (exact) mass is 1310 g/mol. The van der Waals surface area contributed by atoms with Crippen molar-refractivity contribution >= 4 is 0 Å². The summed E-state index contributed by atoms with van der Waals surface area (Å²) in [6.07, 6.45) is -6.27. The lowest BCUT2D eigenvalue weighted by atomic mass is 9.99. The second-order valence-corrected chi connectivity index (χ2v) is 20.4. The lowest BCUT2D eigenvalue weighted by molar-refractivity contribution is -0.190. The van der Waals surface area contributed by atoms with Crippen LogP contribution in [0.5, 0.6) is 17.2 Å². The van der Waals surface area contributed by atoms with E-state index >= 15 is 0 Å². The largest absolute Gasteiger partial charge is 0.432 e. The Bertz CT molecular complexity index is 3910. The van der Waals surface area contributed by atoms with Gasteiger partial charge in [-0.1, -0.05) is 113 Å². The number of hydrogen-bond acceptors (Lipinski definition) is 3. The Morgan fingerprint density at radius 3 is 0.717 bits per heavy atom. The molecule has 0 aliphatic carbocycles. The van der Waals surface area contributed by atoms with Crippen LogP contribution in [0.1, 0.15) is 86.3 Å². The molecule has 0 unspecified atom stereocenters. The molecule has 0 N–H and O–H groups in total. The molecule has 0 amide bonds. The third-order valence-corrected chi connectivity index (χ3v) is 13.8. The van der Waals surface area contributed by atoms with Crippen molar-refractivity contribution in [1.82, 2.24) is 0 Å². The number of halogens is 21. The van der Waals surface area contributed by atoms with Crippen molar-refractivity contribution in [2.45, 2.75) is 90.5 Å². The van der Waals surface area contributed by atoms with Crippen molar-refractivity contribution in [3.05, 3.63) is 266 Å². The summed E-state index contributed by atoms with van der Waals surface area (Å²) in [4.78, 5) is 0. The van der Waals surface area contributed by atoms with Crippen LogP contribution in [0, 0.1) is 87.3 Å². The maximum Gasteiger partial charge on any atom is 0.432 e. The number of alkyl halides is 6. The van der Waals surface area contributed by atoms with E-state index in [0.717, 1.165) is 68.1 Å². The molecule has 9 aromatic carbocycles. The number of benzene rings is 9. The van der Waals surface area contributed by atoms with Crippen molar-refractivity contribution in [2.24, 2.45) is 0 Å². The normalized spacial score (nSPS) is 11.6. The van der Waals surface area contributed by atoms with E-state index in [0.29, 0.717) is 53.1 Å². The minimum absolute atomic E-state index is 0.0149. The highest BCUT2D eigenvalue weighted by Gasteiger charge is 2.44. The third kappa shape index (κ3) is 17.3. The number of aryl methyl sites for hydroxylation is 3. The lowest BCUT2D eigenvalue weighted by Gasteiger charge is -2.20. The molecular weight excluding hydrogens is 1260 g/mol. The molecule has 0 aliphatic rings. The summed E-state index contributed by atoms with van der Waals surface area (Å²) in [7, 11) is 0. The molecule has 0 aromatic heterocycles. The molecule has 0 saturated carbocycles. The molecule has 24 heteroatoms. The molecule has 3 nitrogen and oxygen atoms in total. The van der Waals surface area contributed by atoms with Gasteiger partial charge in [-0.2, -0.15) is 26.3 Å². The van der Waals surface area contributed by atoms with Crippen LogP contribution in [0.15, 0.2) is 146 Å². The first kappa shape index (κ1) is 70.4. The van der Waals surface area contributed by atoms with Gasteiger partial charge in [0.15, 0.2) is 52.4 Å². The van der Waals surface area contributed by atoms with Gasteiger partial charge in [-0.25, -0.2) is 65.9 Å². The Labute approximate surface area is 512 Å². The molecule has 0 heterocycles. The Kier molecular flexibility index (Phi) is 22.9. The molecule has 0 atom stereocenters. The SMILES string of the molecule is CCCCCc1ccc(-c2cc(F)c(C(F)(F)Oc3cc(F)c(F)c(F)c3)c(F)c2)cc1.CCCCc1ccc(-c2cc(F)c(C(F)(F)Oc3cc(F)c(F)c(F)c3)c(F)c2)cc1.CCc1ccc(-c2cc(F)c(C(F)(F)Oc3cc(F)c(F)c(F)c3)c(F)c2)cc1. The quantitative estimate of drug-likeness (QED) is 0.0432. The maximum absolute atomic E-state index is 14.5. The minimum atomic E-state index is -4.62. The second kappa shape index (κ2) is 29.9. The van der Waals surface area contributed by atoms with Crippen molar-refractivity contribution in [2.75, 3.05) is 0 Å². The molecule has 0 fully saturated rings. The van der Waals surface area contributed by atoms with Gasteiger partial charge in [-0.3, -0.25) is 0 Å². The van der Waals surface area contributed by atoms with Gasteiger partial charge in [0.2, 0.25) is 0 Å². The molecular formula is C68H49F21O3. The number of rotatable bonds is 20. The molecule has 0 radical (unpaired) electrons. The van der Waals surface area contributed by atoms with Gasteiger partial charge in [0, 0.05) is 36.4 Å². The van der Waals surface area contributed by atoms with Crippen LogP contribution in [-0.4, -0.2) is 0 Å². The van der Waals surface area contributed by atoms with Crippen molar-refractivity contribution in [3.63, 3.8) is 0 Å². The van der Waals surface area contributed by atoms with E-state index in [1.165, 1.54) is 0 Å². The van der Waals surface area contributed by atoms with E-state index < -0.39 is 140 Å². The summed E-state index contributed by atoms with van der Waals surface area (Å²) in [6, 6.07) is 25.4. The average Bonchev–Trinajstić information content (AvgIpc) is 0.799. The smallest absolute Gasteiger partial charge is 0.429 e. The zero-order valence-electron chi connectivity index (χ0n) is 48.2. The highest BCUT2D eigenvalue weighted by Crippen LogP contribution is 2.42. The van der Waals surface area contributed by atoms with Gasteiger partial charge in [-0.05, 0) is 119 Å². The van der Waals surface area contributed by atoms with Crippen LogP contribution in [0.2, 0.25) is 0 Å². The zero-order chi connectivity index (χ0) is 67.6. The van der Waals surface area contributed by atoms with Crippen LogP contribution in [0.4, 0.5) is 92.2 Å². The average molecular weight is 1310 g/mol. The zero-order valence-corrected chi connectivity index (χ0v) is 48.2. The van der Waals surface area contributed by atoms with Gasteiger partial charge in [0.25, 0.3) is 0 Å². The highest BCUT2D eigenvalue weighted by atomic mass is 19.3. The van der Waals surface area contributed by atoms with Gasteiger partial charge >= 0.3 is 18.3 Å². The molecule has 9 rings (SSSR count). The summed E-state index contributed by atoms with van der Waals surface area (Å²) in [6.45, 7) is 6.05. The van der Waals surface area contributed by atoms with E-state index in [4.69, 9.17) is 0 Å². The van der Waals surface area contributed by atoms with Crippen molar-refractivity contribution < 1.29 is 106 Å². The molecule has 0 bridgehead atoms. The van der Waals surface area contributed by atoms with E-state index in [-0.39, 0.29) is 53.1 Å². The standard InChI is InChI=1S/C24H19F7O.C23H17F7O.C21H13F7O/c1-2-3-4-5-14-6-8-15(9-7-14)16-10-18(25)22(19(26)11-16)24(30,31)32-17-12-20(27)23(29)21(28)13-17;1-2-3-4-13-5-7-14(8-6-13)15-9-17(24)21(18(25)10-15)23(29,30)31-16-11-19(26)22(28)20(27)12-16;1-2-11-3-5-12(6-4-11)13-7-15(22)19(16(23)8-13)21(27,28)29-14-9-17(24)20(26)18(25)10-14/h6-13H,2-5H2,1H3;5-12H,2-4H2,1H3;3-10H,2H2,1H3. The third-order valence-electron chi connectivity index (χ3n) is 13.8. The second-order valence-electron chi connectivity index (χ2n) is 20.4. The molecule has 92 heavy (non-hydrogen) atoms. The van der Waals surface area contributed by atoms with Crippen LogP contribution in [0.3, 0.4) is 0 Å². The first-order valence-electron chi connectivity index (χ1n) is 27.8. The van der Waals surface area contributed by atoms with E-state index in [1.54, 1.807) is 72.8 Å². The number of hydrogen-bond donors (Lipinski definition) is 0. The van der Waals surface area contributed by atoms with Gasteiger partial charge in [-0.15, -0.1) is 0 Å². The predicted molar refractivity (Wildman–Crippen MR) is 299 cm³/mol. The first-order chi connectivity index (χ1) is 43.4. The topological polar surface area (TPSA) is 27.7 Å². The Hall–Kier alpha value is -9.09. The minimum Gasteiger partial charge on any atom is -0.429 e. The molecule has 486 valence electrons. The number of ether oxygens (including phenoxy) is 3. The van der Waals surface area contributed by atoms with Crippen LogP contribution >= 0.6 is 0 Å². The fourth-order valence-corrected chi connectivity index (χ4v) is 9.04. The summed E-state index contributed by atoms with van der Waals surface area (Å²) in [5.41, 5.74) is -0.865. The summed E-state index contributed by atoms with van der Waals surface area (Å²) in [5, 5.41) is 0. The summed E-state index contributed by atoms with van der Waals surface area (Å²) in [5.74, 6) is -29.5. The van der Waals surface area contributed by atoms with Crippen molar-refractivity contribution in [1.29, 1.82) is 0 Å². The van der Waals surface area contributed by atoms with E-state index in [9.17, 15) is 92.2 Å². The van der Waals surface area contributed by atoms with Gasteiger partial charge in [0.1, 0.15) is 68.8 Å². The molecule has 0 spiro atoms. The maximum atomic E-state index is 14.5. The fraction of sp³-hybridized carbons (Fsp3) is 0.206. The molecule has 0 saturated heterocycles. The summed E-state index contributed by atoms with van der Waals surface area (Å²) >= 11 is 0. The Morgan fingerprint density at radius 1 is 0.261 bits per heavy atom. The predicted octanol–water partition coefficient (Wildman–Crippen LogP) is 22.2. The van der Waals surface area contributed by atoms with E-state index in [1.807, 2.05) is 13.8 Å². The Morgan fingerprint density at radius 2 is 0.489 bits per heavy atom. The fourth-order valence-electron chi connectivity index (χ4n) is 9.04. The first-order valence-corrected chi connectivity index (χ1v) is 27.8. The molecule has 9 aromatic rings. The Balaban J connectivity index is 0.000000196. The number of unbranched alkanes of at least 4 members (excludes halogenated alkanes) is 3. The van der Waals surface area contributed by atoms with E-state index in [2.05, 4.69) is 21.1 Å². The molecule has 0 aliphatic heterocycles. The van der Waals surface area contributed by atoms with Gasteiger partial charge in [0.05, 0.1) is 0 Å². The van der Waals surface area contributed by atoms with Crippen LogP contribution in [-0.2, 0) is 37.6 Å². The highest BCUT2D eigenvalue weighted by molar-refractivity contribution is 5.67. The lowest BCUT2D eigenvalue weighted by Crippen LogP contribution is -2.25. The van der Waals surface area contributed by atoms with Crippen LogP contribution in [0.25, 0.3) is 33.4 Å².